The van der Waals surface area contributed by atoms with E-state index in [0.29, 0.717) is 12.0 Å². The molecule has 0 aliphatic carbocycles. The van der Waals surface area contributed by atoms with Crippen LogP contribution in [0.3, 0.4) is 0 Å². The molecule has 0 spiro atoms. The first-order valence-electron chi connectivity index (χ1n) is 4.10. The van der Waals surface area contributed by atoms with Crippen LogP contribution in [-0.2, 0) is 4.74 Å². The monoisotopic (exact) mass is 180 g/mol. The third-order valence-corrected chi connectivity index (χ3v) is 1.86. The molecule has 0 amide bonds. The van der Waals surface area contributed by atoms with Crippen LogP contribution in [0.4, 0.5) is 0 Å². The zero-order valence-corrected chi connectivity index (χ0v) is 7.97. The van der Waals surface area contributed by atoms with E-state index in [4.69, 9.17) is 21.4 Å². The molecule has 1 aliphatic heterocycles. The van der Waals surface area contributed by atoms with Crippen molar-refractivity contribution in [2.75, 3.05) is 12.5 Å². The highest BCUT2D eigenvalue weighted by molar-refractivity contribution is 6.18. The number of epoxide rings is 1. The molecule has 0 saturated carbocycles. The first-order valence-corrected chi connectivity index (χ1v) is 4.63. The van der Waals surface area contributed by atoms with Crippen molar-refractivity contribution >= 4 is 11.6 Å². The third kappa shape index (κ3) is 8.11. The Labute approximate surface area is 73.5 Å². The van der Waals surface area contributed by atoms with Crippen LogP contribution in [-0.4, -0.2) is 29.8 Å². The Kier molecular flexibility index (Phi) is 7.02. The van der Waals surface area contributed by atoms with Gasteiger partial charge in [0.2, 0.25) is 0 Å². The molecule has 1 fully saturated rings. The fraction of sp³-hybridized carbons (Fsp3) is 1.00. The predicted octanol–water partition coefficient (Wildman–Crippen LogP) is 1.79. The number of hydrogen-bond donors (Lipinski definition) is 1. The van der Waals surface area contributed by atoms with Gasteiger partial charge < -0.3 is 9.84 Å². The van der Waals surface area contributed by atoms with E-state index < -0.39 is 0 Å². The van der Waals surface area contributed by atoms with Crippen molar-refractivity contribution in [2.45, 2.75) is 38.9 Å². The van der Waals surface area contributed by atoms with Gasteiger partial charge in [-0.15, -0.1) is 11.6 Å². The zero-order valence-electron chi connectivity index (χ0n) is 7.22. The maximum absolute atomic E-state index is 8.67. The molecule has 3 heteroatoms. The lowest BCUT2D eigenvalue weighted by atomic mass is 10.2. The minimum Gasteiger partial charge on any atom is -0.393 e. The molecule has 0 aromatic heterocycles. The van der Waals surface area contributed by atoms with Crippen molar-refractivity contribution < 1.29 is 9.84 Å². The summed E-state index contributed by atoms with van der Waals surface area (Å²) in [4.78, 5) is 0. The van der Waals surface area contributed by atoms with Crippen molar-refractivity contribution in [1.29, 1.82) is 0 Å². The molecule has 1 N–H and O–H groups in total. The van der Waals surface area contributed by atoms with Crippen molar-refractivity contribution in [1.82, 2.24) is 0 Å². The SMILES string of the molecule is CCC(O)CC.ClCC1CO1. The summed E-state index contributed by atoms with van der Waals surface area (Å²) in [7, 11) is 0. The topological polar surface area (TPSA) is 32.8 Å². The zero-order chi connectivity index (χ0) is 8.69. The summed E-state index contributed by atoms with van der Waals surface area (Å²) in [6.07, 6.45) is 2.11. The lowest BCUT2D eigenvalue weighted by Crippen LogP contribution is -1.99. The van der Waals surface area contributed by atoms with Crippen LogP contribution in [0.15, 0.2) is 0 Å². The maximum atomic E-state index is 8.67. The highest BCUT2D eigenvalue weighted by Crippen LogP contribution is 2.08. The first kappa shape index (κ1) is 11.2. The van der Waals surface area contributed by atoms with E-state index in [9.17, 15) is 0 Å². The highest BCUT2D eigenvalue weighted by Gasteiger charge is 2.19. The van der Waals surface area contributed by atoms with E-state index in [-0.39, 0.29) is 6.10 Å². The molecule has 1 heterocycles. The van der Waals surface area contributed by atoms with Gasteiger partial charge in [-0.1, -0.05) is 13.8 Å². The van der Waals surface area contributed by atoms with Crippen LogP contribution in [0.25, 0.3) is 0 Å². The van der Waals surface area contributed by atoms with Crippen LogP contribution < -0.4 is 0 Å². The molecule has 68 valence electrons. The van der Waals surface area contributed by atoms with Crippen LogP contribution in [0.5, 0.6) is 0 Å². The molecule has 1 saturated heterocycles. The summed E-state index contributed by atoms with van der Waals surface area (Å²) >= 11 is 5.27. The Balaban J connectivity index is 0.000000183. The molecule has 1 rings (SSSR count). The van der Waals surface area contributed by atoms with Gasteiger partial charge in [-0.3, -0.25) is 0 Å². The molecule has 0 aromatic rings. The van der Waals surface area contributed by atoms with E-state index in [0.717, 1.165) is 19.4 Å². The van der Waals surface area contributed by atoms with E-state index in [2.05, 4.69) is 0 Å². The Hall–Kier alpha value is 0.210. The maximum Gasteiger partial charge on any atom is 0.0944 e. The van der Waals surface area contributed by atoms with E-state index in [1.165, 1.54) is 0 Å². The second-order valence-corrected chi connectivity index (χ2v) is 2.89. The second kappa shape index (κ2) is 6.89. The average molecular weight is 181 g/mol. The smallest absolute Gasteiger partial charge is 0.0944 e. The lowest BCUT2D eigenvalue weighted by molar-refractivity contribution is 0.166. The van der Waals surface area contributed by atoms with Gasteiger partial charge >= 0.3 is 0 Å². The predicted molar refractivity (Wildman–Crippen MR) is 47.0 cm³/mol. The fourth-order valence-electron chi connectivity index (χ4n) is 0.446. The minimum absolute atomic E-state index is 0.0648. The first-order chi connectivity index (χ1) is 5.24. The van der Waals surface area contributed by atoms with Gasteiger partial charge in [-0.2, -0.15) is 0 Å². The van der Waals surface area contributed by atoms with Gasteiger partial charge in [0.05, 0.1) is 24.7 Å². The Morgan fingerprint density at radius 1 is 1.55 bits per heavy atom. The Bertz CT molecular complexity index is 80.2. The molecule has 0 radical (unpaired) electrons. The van der Waals surface area contributed by atoms with Crippen molar-refractivity contribution in [3.63, 3.8) is 0 Å². The Morgan fingerprint density at radius 2 is 2.00 bits per heavy atom. The van der Waals surface area contributed by atoms with Gasteiger partial charge in [0, 0.05) is 0 Å². The van der Waals surface area contributed by atoms with Gasteiger partial charge in [-0.25, -0.2) is 0 Å². The molecule has 1 unspecified atom stereocenters. The van der Waals surface area contributed by atoms with Crippen LogP contribution in [0.1, 0.15) is 26.7 Å². The molecule has 0 bridgehead atoms. The van der Waals surface area contributed by atoms with Gasteiger partial charge in [0.1, 0.15) is 0 Å². The summed E-state index contributed by atoms with van der Waals surface area (Å²) in [5.41, 5.74) is 0. The quantitative estimate of drug-likeness (QED) is 0.531. The molecular formula is C8H17ClO2. The summed E-state index contributed by atoms with van der Waals surface area (Å²) in [6.45, 7) is 4.84. The van der Waals surface area contributed by atoms with Gasteiger partial charge in [0.25, 0.3) is 0 Å². The Morgan fingerprint density at radius 3 is 2.00 bits per heavy atom. The molecular weight excluding hydrogens is 164 g/mol. The molecule has 11 heavy (non-hydrogen) atoms. The average Bonchev–Trinajstić information content (AvgIpc) is 2.86. The largest absolute Gasteiger partial charge is 0.393 e. The van der Waals surface area contributed by atoms with Crippen LogP contribution in [0.2, 0.25) is 0 Å². The molecule has 0 aromatic carbocycles. The number of alkyl halides is 1. The van der Waals surface area contributed by atoms with Gasteiger partial charge in [-0.05, 0) is 12.8 Å². The van der Waals surface area contributed by atoms with Crippen molar-refractivity contribution in [3.8, 4) is 0 Å². The number of halogens is 1. The van der Waals surface area contributed by atoms with Crippen molar-refractivity contribution in [2.24, 2.45) is 0 Å². The standard InChI is InChI=1S/C5H12O.C3H5ClO/c1-3-5(6)4-2;4-1-3-2-5-3/h5-6H,3-4H2,1-2H3;3H,1-2H2. The third-order valence-electron chi connectivity index (χ3n) is 1.52. The fourth-order valence-corrected chi connectivity index (χ4v) is 0.624. The summed E-state index contributed by atoms with van der Waals surface area (Å²) in [5, 5.41) is 8.67. The van der Waals surface area contributed by atoms with Crippen LogP contribution in [0, 0.1) is 0 Å². The number of hydrogen-bond acceptors (Lipinski definition) is 2. The van der Waals surface area contributed by atoms with E-state index in [1.54, 1.807) is 0 Å². The van der Waals surface area contributed by atoms with Gasteiger partial charge in [0.15, 0.2) is 0 Å². The van der Waals surface area contributed by atoms with E-state index >= 15 is 0 Å². The molecule has 1 aliphatic rings. The number of aliphatic hydroxyl groups is 1. The highest BCUT2D eigenvalue weighted by atomic mass is 35.5. The summed E-state index contributed by atoms with van der Waals surface area (Å²) in [6, 6.07) is 0. The molecule has 1 atom stereocenters. The van der Waals surface area contributed by atoms with Crippen LogP contribution >= 0.6 is 11.6 Å². The minimum atomic E-state index is -0.0648. The van der Waals surface area contributed by atoms with E-state index in [1.807, 2.05) is 13.8 Å². The van der Waals surface area contributed by atoms with Crippen molar-refractivity contribution in [3.05, 3.63) is 0 Å². The number of ether oxygens (including phenoxy) is 1. The number of rotatable bonds is 3. The summed E-state index contributed by atoms with van der Waals surface area (Å²) in [5.74, 6) is 0.667. The summed E-state index contributed by atoms with van der Waals surface area (Å²) < 4.78 is 4.73. The normalized spacial score (nSPS) is 21.0. The molecule has 2 nitrogen and oxygen atoms in total. The lowest BCUT2D eigenvalue weighted by Gasteiger charge is -1.98. The second-order valence-electron chi connectivity index (χ2n) is 2.58. The number of aliphatic hydroxyl groups excluding tert-OH is 1.